The first-order valence-electron chi connectivity index (χ1n) is 6.70. The first-order chi connectivity index (χ1) is 9.98. The molecule has 0 aliphatic carbocycles. The van der Waals surface area contributed by atoms with E-state index in [-0.39, 0.29) is 17.3 Å². The Kier molecular flexibility index (Phi) is 4.55. The van der Waals surface area contributed by atoms with E-state index in [2.05, 4.69) is 10.4 Å². The van der Waals surface area contributed by atoms with Gasteiger partial charge < -0.3 is 4.74 Å². The van der Waals surface area contributed by atoms with Crippen LogP contribution in [-0.4, -0.2) is 12.1 Å². The summed E-state index contributed by atoms with van der Waals surface area (Å²) in [5.74, 6) is 6.17. The van der Waals surface area contributed by atoms with Gasteiger partial charge in [0.2, 0.25) is 0 Å². The van der Waals surface area contributed by atoms with Crippen LogP contribution in [0.3, 0.4) is 0 Å². The van der Waals surface area contributed by atoms with Crippen molar-refractivity contribution >= 4 is 0 Å². The number of ether oxygens (including phenoxy) is 1. The van der Waals surface area contributed by atoms with Gasteiger partial charge in [-0.3, -0.25) is 16.3 Å². The summed E-state index contributed by atoms with van der Waals surface area (Å²) in [6.07, 6.45) is 3.39. The lowest BCUT2D eigenvalue weighted by atomic mass is 9.75. The topological polar surface area (TPSA) is 60.2 Å². The Balaban J connectivity index is 2.40. The van der Waals surface area contributed by atoms with Crippen LogP contribution in [0.5, 0.6) is 5.75 Å². The van der Waals surface area contributed by atoms with Gasteiger partial charge in [0.25, 0.3) is 0 Å². The summed E-state index contributed by atoms with van der Waals surface area (Å²) in [6, 6.07) is 8.15. The number of aromatic nitrogens is 1. The van der Waals surface area contributed by atoms with Crippen molar-refractivity contribution in [2.24, 2.45) is 5.84 Å². The average Bonchev–Trinajstić information content (AvgIpc) is 2.48. The molecule has 0 fully saturated rings. The number of benzene rings is 1. The molecule has 0 saturated carbocycles. The Hall–Kier alpha value is -1.98. The lowest BCUT2D eigenvalue weighted by molar-refractivity contribution is 0.349. The second kappa shape index (κ2) is 6.20. The lowest BCUT2D eigenvalue weighted by Gasteiger charge is -2.34. The fraction of sp³-hybridized carbons (Fsp3) is 0.312. The van der Waals surface area contributed by atoms with Gasteiger partial charge in [-0.1, -0.05) is 26.0 Å². The van der Waals surface area contributed by atoms with Crippen molar-refractivity contribution < 1.29 is 9.13 Å². The number of nitrogens with zero attached hydrogens (tertiary/aromatic N) is 1. The minimum Gasteiger partial charge on any atom is -0.495 e. The largest absolute Gasteiger partial charge is 0.495 e. The summed E-state index contributed by atoms with van der Waals surface area (Å²) in [4.78, 5) is 4.17. The third kappa shape index (κ3) is 3.20. The molecule has 2 rings (SSSR count). The van der Waals surface area contributed by atoms with E-state index in [1.807, 2.05) is 19.9 Å². The monoisotopic (exact) mass is 289 g/mol. The predicted molar refractivity (Wildman–Crippen MR) is 80.3 cm³/mol. The van der Waals surface area contributed by atoms with Gasteiger partial charge in [-0.25, -0.2) is 4.39 Å². The first kappa shape index (κ1) is 15.4. The molecule has 112 valence electrons. The molecule has 1 aromatic heterocycles. The molecule has 0 radical (unpaired) electrons. The number of hydrazine groups is 1. The molecular formula is C16H20FN3O. The number of hydrogen-bond acceptors (Lipinski definition) is 4. The zero-order valence-corrected chi connectivity index (χ0v) is 12.4. The van der Waals surface area contributed by atoms with E-state index < -0.39 is 0 Å². The minimum absolute atomic E-state index is 0.189. The molecule has 0 aliphatic heterocycles. The molecule has 1 atom stereocenters. The second-order valence-corrected chi connectivity index (χ2v) is 5.49. The highest BCUT2D eigenvalue weighted by Crippen LogP contribution is 2.37. The van der Waals surface area contributed by atoms with Crippen molar-refractivity contribution in [1.29, 1.82) is 0 Å². The summed E-state index contributed by atoms with van der Waals surface area (Å²) >= 11 is 0. The number of rotatable bonds is 5. The molecule has 1 unspecified atom stereocenters. The second-order valence-electron chi connectivity index (χ2n) is 5.49. The van der Waals surface area contributed by atoms with Gasteiger partial charge in [-0.05, 0) is 29.3 Å². The number of nitrogens with two attached hydrogens (primary N) is 1. The van der Waals surface area contributed by atoms with E-state index in [9.17, 15) is 4.39 Å². The van der Waals surface area contributed by atoms with Gasteiger partial charge in [0, 0.05) is 11.6 Å². The van der Waals surface area contributed by atoms with E-state index in [0.717, 1.165) is 11.1 Å². The SMILES string of the molecule is COc1cncc(C(NN)C(C)(C)c2ccc(F)cc2)c1. The van der Waals surface area contributed by atoms with Crippen molar-refractivity contribution in [3.8, 4) is 5.75 Å². The van der Waals surface area contributed by atoms with Crippen LogP contribution < -0.4 is 16.0 Å². The maximum Gasteiger partial charge on any atom is 0.137 e. The van der Waals surface area contributed by atoms with Crippen molar-refractivity contribution in [3.05, 3.63) is 59.7 Å². The van der Waals surface area contributed by atoms with Crippen molar-refractivity contribution in [1.82, 2.24) is 10.4 Å². The molecule has 0 aliphatic rings. The number of nitrogens with one attached hydrogen (secondary N) is 1. The van der Waals surface area contributed by atoms with Gasteiger partial charge in [0.15, 0.2) is 0 Å². The quantitative estimate of drug-likeness (QED) is 0.656. The van der Waals surface area contributed by atoms with E-state index in [1.165, 1.54) is 12.1 Å². The highest BCUT2D eigenvalue weighted by Gasteiger charge is 2.32. The maximum absolute atomic E-state index is 13.1. The third-order valence-corrected chi connectivity index (χ3v) is 3.78. The molecule has 3 N–H and O–H groups in total. The highest BCUT2D eigenvalue weighted by molar-refractivity contribution is 5.33. The van der Waals surface area contributed by atoms with Crippen LogP contribution in [0.25, 0.3) is 0 Å². The van der Waals surface area contributed by atoms with Crippen LogP contribution >= 0.6 is 0 Å². The molecule has 1 aromatic carbocycles. The molecule has 1 heterocycles. The zero-order valence-electron chi connectivity index (χ0n) is 12.4. The fourth-order valence-corrected chi connectivity index (χ4v) is 2.47. The predicted octanol–water partition coefficient (Wildman–Crippen LogP) is 2.71. The van der Waals surface area contributed by atoms with Crippen LogP contribution in [0.2, 0.25) is 0 Å². The van der Waals surface area contributed by atoms with Crippen LogP contribution in [0, 0.1) is 5.82 Å². The summed E-state index contributed by atoms with van der Waals surface area (Å²) in [5, 5.41) is 0. The molecule has 0 amide bonds. The standard InChI is InChI=1S/C16H20FN3O/c1-16(2,12-4-6-13(17)7-5-12)15(20-18)11-8-14(21-3)10-19-9-11/h4-10,15,20H,18H2,1-3H3. The van der Waals surface area contributed by atoms with Crippen LogP contribution in [0.4, 0.5) is 4.39 Å². The highest BCUT2D eigenvalue weighted by atomic mass is 19.1. The molecule has 0 spiro atoms. The summed E-state index contributed by atoms with van der Waals surface area (Å²) in [7, 11) is 1.59. The van der Waals surface area contributed by atoms with Gasteiger partial charge >= 0.3 is 0 Å². The number of pyridine rings is 1. The van der Waals surface area contributed by atoms with Crippen LogP contribution in [-0.2, 0) is 5.41 Å². The van der Waals surface area contributed by atoms with E-state index in [1.54, 1.807) is 31.6 Å². The molecule has 2 aromatic rings. The number of methoxy groups -OCH3 is 1. The van der Waals surface area contributed by atoms with Crippen molar-refractivity contribution in [2.75, 3.05) is 7.11 Å². The Bertz CT molecular complexity index is 599. The van der Waals surface area contributed by atoms with Gasteiger partial charge in [0.1, 0.15) is 11.6 Å². The molecule has 4 nitrogen and oxygen atoms in total. The molecule has 0 bridgehead atoms. The summed E-state index contributed by atoms with van der Waals surface area (Å²) in [5.41, 5.74) is 4.37. The lowest BCUT2D eigenvalue weighted by Crippen LogP contribution is -2.41. The van der Waals surface area contributed by atoms with Crippen molar-refractivity contribution in [3.63, 3.8) is 0 Å². The summed E-state index contributed by atoms with van der Waals surface area (Å²) < 4.78 is 18.3. The molecule has 21 heavy (non-hydrogen) atoms. The Morgan fingerprint density at radius 3 is 2.48 bits per heavy atom. The average molecular weight is 289 g/mol. The number of hydrogen-bond donors (Lipinski definition) is 2. The smallest absolute Gasteiger partial charge is 0.137 e. The van der Waals surface area contributed by atoms with E-state index in [4.69, 9.17) is 10.6 Å². The Morgan fingerprint density at radius 2 is 1.90 bits per heavy atom. The van der Waals surface area contributed by atoms with Crippen LogP contribution in [0.1, 0.15) is 31.0 Å². The first-order valence-corrected chi connectivity index (χ1v) is 6.70. The van der Waals surface area contributed by atoms with Crippen LogP contribution in [0.15, 0.2) is 42.7 Å². The third-order valence-electron chi connectivity index (χ3n) is 3.78. The van der Waals surface area contributed by atoms with Crippen molar-refractivity contribution in [2.45, 2.75) is 25.3 Å². The van der Waals surface area contributed by atoms with Gasteiger partial charge in [-0.2, -0.15) is 0 Å². The van der Waals surface area contributed by atoms with Gasteiger partial charge in [-0.15, -0.1) is 0 Å². The number of halogens is 1. The minimum atomic E-state index is -0.351. The fourth-order valence-electron chi connectivity index (χ4n) is 2.47. The Morgan fingerprint density at radius 1 is 1.24 bits per heavy atom. The van der Waals surface area contributed by atoms with E-state index in [0.29, 0.717) is 5.75 Å². The maximum atomic E-state index is 13.1. The molecule has 5 heteroatoms. The van der Waals surface area contributed by atoms with Gasteiger partial charge in [0.05, 0.1) is 19.3 Å². The van der Waals surface area contributed by atoms with E-state index >= 15 is 0 Å². The summed E-state index contributed by atoms with van der Waals surface area (Å²) in [6.45, 7) is 4.09. The zero-order chi connectivity index (χ0) is 15.5. The molecule has 0 saturated heterocycles. The molecular weight excluding hydrogens is 269 g/mol. The normalized spacial score (nSPS) is 13.0. The Labute approximate surface area is 124 Å².